The predicted molar refractivity (Wildman–Crippen MR) is 386 cm³/mol. The molecule has 4 aromatic heterocycles. The average molecular weight is 2160 g/mol. The fourth-order valence-corrected chi connectivity index (χ4v) is 9.72. The van der Waals surface area contributed by atoms with Crippen LogP contribution in [-0.4, -0.2) is 165 Å². The first-order chi connectivity index (χ1) is 47.7. The van der Waals surface area contributed by atoms with Gasteiger partial charge in [0, 0.05) is 152 Å². The second-order valence-corrected chi connectivity index (χ2v) is 24.6. The number of aliphatic hydroxyl groups is 8. The molecule has 0 amide bonds. The number of methoxy groups -OCH3 is 5. The zero-order chi connectivity index (χ0) is 75.7. The Kier molecular flexibility index (Phi) is 49.6. The third-order valence-electron chi connectivity index (χ3n) is 14.1. The molecule has 5 aromatic carbocycles. The molecule has 0 spiro atoms. The minimum Gasteiger partial charge on any atom is -0.540 e. The Morgan fingerprint density at radius 3 is 1.14 bits per heavy atom. The molecule has 21 nitrogen and oxygen atoms in total. The first kappa shape index (κ1) is 101. The Balaban J connectivity index is 0. The Morgan fingerprint density at radius 1 is 0.400 bits per heavy atom. The van der Waals surface area contributed by atoms with Gasteiger partial charge in [-0.2, -0.15) is 0 Å². The number of halogens is 2. The van der Waals surface area contributed by atoms with Gasteiger partial charge in [0.05, 0.1) is 101 Å². The van der Waals surface area contributed by atoms with E-state index in [0.29, 0.717) is 54.7 Å². The van der Waals surface area contributed by atoms with Gasteiger partial charge in [0.15, 0.2) is 23.5 Å². The topological polar surface area (TPSA) is 311 Å². The van der Waals surface area contributed by atoms with Crippen LogP contribution in [0.1, 0.15) is 129 Å². The summed E-state index contributed by atoms with van der Waals surface area (Å²) in [5.74, 6) is 1.06. The summed E-state index contributed by atoms with van der Waals surface area (Å²) >= 11 is 0. The largest absolute Gasteiger partial charge is 0.540 e. The maximum atomic E-state index is 13.1. The monoisotopic (exact) mass is 2170 g/mol. The van der Waals surface area contributed by atoms with Crippen molar-refractivity contribution < 1.29 is 154 Å². The first-order valence-electron chi connectivity index (χ1n) is 32.7. The molecule has 1 aliphatic rings. The van der Waals surface area contributed by atoms with Gasteiger partial charge in [0.2, 0.25) is 0 Å². The molecule has 27 heteroatoms. The zero-order valence-corrected chi connectivity index (χ0v) is 72.3. The molecule has 0 aliphatic heterocycles. The molecule has 4 radical (unpaired) electrons. The number of benzene rings is 5. The summed E-state index contributed by atoms with van der Waals surface area (Å²) in [6.07, 6.45) is 7.13. The van der Waals surface area contributed by atoms with Gasteiger partial charge in [-0.1, -0.05) is 62.2 Å². The van der Waals surface area contributed by atoms with Crippen molar-refractivity contribution in [1.82, 2.24) is 39.9 Å². The first-order valence-corrected chi connectivity index (χ1v) is 32.7. The summed E-state index contributed by atoms with van der Waals surface area (Å²) in [6.45, 7) is 25.3. The summed E-state index contributed by atoms with van der Waals surface area (Å²) in [4.78, 5) is 34.0. The van der Waals surface area contributed by atoms with Gasteiger partial charge >= 0.3 is 0 Å². The van der Waals surface area contributed by atoms with Crippen LogP contribution in [0, 0.1) is 63.6 Å². The molecule has 8 N–H and O–H groups in total. The van der Waals surface area contributed by atoms with Crippen molar-refractivity contribution in [2.45, 2.75) is 177 Å². The van der Waals surface area contributed by atoms with Crippen molar-refractivity contribution in [3.63, 3.8) is 0 Å². The third kappa shape index (κ3) is 35.9. The Hall–Kier alpha value is -6.44. The number of hydrogen-bond donors (Lipinski definition) is 8. The second-order valence-electron chi connectivity index (χ2n) is 24.6. The van der Waals surface area contributed by atoms with E-state index in [1.807, 2.05) is 51.1 Å². The van der Waals surface area contributed by atoms with Gasteiger partial charge in [-0.25, -0.2) is 28.7 Å². The summed E-state index contributed by atoms with van der Waals surface area (Å²) in [6, 6.07) is 38.1. The molecule has 584 valence electrons. The number of rotatable bonds is 17. The number of ether oxygens (including phenoxy) is 5. The van der Waals surface area contributed by atoms with Crippen LogP contribution < -0.4 is 23.7 Å². The molecule has 0 saturated carbocycles. The van der Waals surface area contributed by atoms with E-state index in [9.17, 15) is 8.78 Å². The molecule has 1 aliphatic carbocycles. The van der Waals surface area contributed by atoms with Gasteiger partial charge in [-0.3, -0.25) is 19.9 Å². The quantitative estimate of drug-likeness (QED) is 0.0393. The Labute approximate surface area is 672 Å². The molecular weight excluding hydrogens is 2060 g/mol. The normalized spacial score (nSPS) is 13.0. The second kappa shape index (κ2) is 51.8. The maximum absolute atomic E-state index is 13.1. The smallest absolute Gasteiger partial charge is 0.194 e. The van der Waals surface area contributed by atoms with Crippen LogP contribution in [-0.2, 0) is 85.8 Å². The van der Waals surface area contributed by atoms with Crippen LogP contribution in [0.2, 0.25) is 0 Å². The number of nitrogens with zero attached hydrogens (tertiary/aromatic N) is 8. The molecular formula is C78H100F2Ir4N8O13-4. The predicted octanol–water partition coefficient (Wildman–Crippen LogP) is 12.2. The molecule has 9 aromatic rings. The van der Waals surface area contributed by atoms with E-state index in [1.165, 1.54) is 41.1 Å². The Morgan fingerprint density at radius 2 is 0.781 bits per heavy atom. The van der Waals surface area contributed by atoms with Gasteiger partial charge in [0.1, 0.15) is 0 Å². The van der Waals surface area contributed by atoms with Gasteiger partial charge in [0.25, 0.3) is 0 Å². The Bertz CT molecular complexity index is 3800. The third-order valence-corrected chi connectivity index (χ3v) is 14.1. The molecule has 0 bridgehead atoms. The molecule has 10 rings (SSSR count). The van der Waals surface area contributed by atoms with Crippen molar-refractivity contribution in [3.05, 3.63) is 186 Å². The van der Waals surface area contributed by atoms with Crippen molar-refractivity contribution in [3.8, 4) is 85.4 Å². The molecule has 4 heterocycles. The van der Waals surface area contributed by atoms with Gasteiger partial charge in [-0.05, 0) is 113 Å². The van der Waals surface area contributed by atoms with E-state index in [2.05, 4.69) is 114 Å². The van der Waals surface area contributed by atoms with E-state index < -0.39 is 11.6 Å². The minimum absolute atomic E-state index is 0. The van der Waals surface area contributed by atoms with Crippen LogP contribution in [0.3, 0.4) is 0 Å². The fraction of sp³-hybridized carbons (Fsp3) is 0.410. The van der Waals surface area contributed by atoms with Crippen LogP contribution in [0.4, 0.5) is 8.78 Å². The minimum atomic E-state index is -0.788. The van der Waals surface area contributed by atoms with Crippen LogP contribution in [0.15, 0.2) is 116 Å². The maximum Gasteiger partial charge on any atom is 0.194 e. The average Bonchev–Trinajstić information content (AvgIpc) is 1.58. The summed E-state index contributed by atoms with van der Waals surface area (Å²) in [5, 5.41) is 68.5. The molecule has 8 unspecified atom stereocenters. The number of aliphatic hydroxyl groups excluding tert-OH is 8. The van der Waals surface area contributed by atoms with Crippen molar-refractivity contribution in [2.75, 3.05) is 35.5 Å². The molecule has 105 heavy (non-hydrogen) atoms. The van der Waals surface area contributed by atoms with Crippen molar-refractivity contribution >= 4 is 0 Å². The summed E-state index contributed by atoms with van der Waals surface area (Å²) < 4.78 is 52.0. The van der Waals surface area contributed by atoms with Crippen LogP contribution >= 0.6 is 0 Å². The van der Waals surface area contributed by atoms with Gasteiger partial charge < -0.3 is 64.5 Å². The summed E-state index contributed by atoms with van der Waals surface area (Å²) in [5.41, 5.74) is 13.8. The van der Waals surface area contributed by atoms with E-state index in [-0.39, 0.29) is 152 Å². The SMILES string of the molecule is CC(O)CC(C)O.CC(O)CC(C)O.CC(O)CC(C)O.CC(O)CC(C)O.COc1c[c-]c(-c2ncc(C)nc2OC)cc1.COc1nc(C)cnc1-c1[c-]c(F)cc(F)c1.COc1nc(C)cnc1-c1[c-]cc(C)cc1.COc1nccnc1-c1[c-]cc2c(c1)C(C)(C)c1ccccc1-2.[Ir].[Ir].[Ir].[Ir]. The number of aryl methyl sites for hydroxylation is 4. The van der Waals surface area contributed by atoms with Crippen molar-refractivity contribution in [1.29, 1.82) is 0 Å². The van der Waals surface area contributed by atoms with Crippen molar-refractivity contribution in [2.24, 2.45) is 0 Å². The van der Waals surface area contributed by atoms with Crippen LogP contribution in [0.5, 0.6) is 29.3 Å². The van der Waals surface area contributed by atoms with E-state index >= 15 is 0 Å². The van der Waals surface area contributed by atoms with E-state index in [4.69, 9.17) is 64.5 Å². The zero-order valence-electron chi connectivity index (χ0n) is 62.7. The molecule has 0 fully saturated rings. The fourth-order valence-electron chi connectivity index (χ4n) is 9.72. The van der Waals surface area contributed by atoms with E-state index in [0.717, 1.165) is 57.3 Å². The molecule has 0 saturated heterocycles. The van der Waals surface area contributed by atoms with E-state index in [1.54, 1.807) is 122 Å². The van der Waals surface area contributed by atoms with Gasteiger partial charge in [-0.15, -0.1) is 112 Å². The molecule has 8 atom stereocenters. The standard InChI is InChI=1S/C20H17N2O.C13H13N2O2.C13H13N2O.C12H9F2N2O.4C5H12O2.4Ir/c1-20(2)16-7-5-4-6-14(16)15-9-8-13(12-17(15)20)18-19(23-3)22-11-10-21-18;1-9-8-14-12(13(15-9)17-3)10-4-6-11(16-2)7-5-10;1-9-4-6-11(7-5-9)12-13(16-3)15-10(2)8-14-12;1-7-6-15-11(12(16-7)17-2)8-3-9(13)5-10(14)4-8;4*1-4(6)3-5(2)7;;;;/h4-7,9-12H,1-3H3;4,6-8H,1-3H3;4-6,8H,1-3H3;3,5-6H,1-2H3;4*4-7H,3H2,1-2H3;;;;/q4*-1;;;;;;;;. The summed E-state index contributed by atoms with van der Waals surface area (Å²) in [7, 11) is 7.83. The number of aromatic nitrogens is 8. The van der Waals surface area contributed by atoms with Crippen LogP contribution in [0.25, 0.3) is 56.2 Å². The number of fused-ring (bicyclic) bond motifs is 3. The number of hydrogen-bond acceptors (Lipinski definition) is 21.